The maximum Gasteiger partial charge on any atom is 0.122 e. The molecular weight excluding hydrogens is 224 g/mol. The summed E-state index contributed by atoms with van der Waals surface area (Å²) in [5, 5.41) is 3.52. The first-order chi connectivity index (χ1) is 8.83. The van der Waals surface area contributed by atoms with Crippen LogP contribution in [0.4, 0.5) is 0 Å². The predicted molar refractivity (Wildman–Crippen MR) is 73.0 cm³/mol. The first-order valence-corrected chi connectivity index (χ1v) is 6.78. The summed E-state index contributed by atoms with van der Waals surface area (Å²) < 4.78 is 5.59. The van der Waals surface area contributed by atoms with Crippen molar-refractivity contribution in [2.45, 2.75) is 45.3 Å². The van der Waals surface area contributed by atoms with E-state index in [-0.39, 0.29) is 0 Å². The Morgan fingerprint density at radius 2 is 2.39 bits per heavy atom. The minimum Gasteiger partial charge on any atom is -0.468 e. The van der Waals surface area contributed by atoms with E-state index in [0.29, 0.717) is 6.54 Å². The second-order valence-corrected chi connectivity index (χ2v) is 4.94. The zero-order valence-electron chi connectivity index (χ0n) is 11.1. The minimum atomic E-state index is 0.685. The Labute approximate surface area is 110 Å². The Morgan fingerprint density at radius 3 is 3.06 bits per heavy atom. The molecule has 0 unspecified atom stereocenters. The van der Waals surface area contributed by atoms with Crippen molar-refractivity contribution in [3.05, 3.63) is 23.7 Å². The molecule has 1 N–H and O–H groups in total. The molecule has 0 spiro atoms. The van der Waals surface area contributed by atoms with Gasteiger partial charge in [0.25, 0.3) is 0 Å². The molecule has 18 heavy (non-hydrogen) atoms. The molecule has 98 valence electrons. The molecule has 3 nitrogen and oxygen atoms in total. The van der Waals surface area contributed by atoms with Gasteiger partial charge in [0.15, 0.2) is 0 Å². The molecule has 0 atom stereocenters. The molecule has 0 radical (unpaired) electrons. The van der Waals surface area contributed by atoms with Crippen molar-refractivity contribution in [3.8, 4) is 12.3 Å². The van der Waals surface area contributed by atoms with E-state index in [2.05, 4.69) is 29.1 Å². The third-order valence-corrected chi connectivity index (χ3v) is 3.22. The highest BCUT2D eigenvalue weighted by atomic mass is 16.3. The van der Waals surface area contributed by atoms with Crippen LogP contribution in [-0.4, -0.2) is 24.0 Å². The van der Waals surface area contributed by atoms with Gasteiger partial charge in [0, 0.05) is 18.2 Å². The molecular formula is C15H22N2O. The largest absolute Gasteiger partial charge is 0.468 e. The van der Waals surface area contributed by atoms with Gasteiger partial charge < -0.3 is 9.73 Å². The lowest BCUT2D eigenvalue weighted by Crippen LogP contribution is -2.25. The van der Waals surface area contributed by atoms with Gasteiger partial charge in [-0.3, -0.25) is 4.90 Å². The number of nitrogens with zero attached hydrogens (tertiary/aromatic N) is 1. The van der Waals surface area contributed by atoms with Crippen LogP contribution in [0, 0.1) is 12.3 Å². The van der Waals surface area contributed by atoms with E-state index in [0.717, 1.165) is 37.9 Å². The maximum atomic E-state index is 5.59. The molecule has 1 saturated carbocycles. The van der Waals surface area contributed by atoms with Crippen molar-refractivity contribution < 1.29 is 4.42 Å². The number of rotatable bonds is 8. The van der Waals surface area contributed by atoms with Crippen LogP contribution >= 0.6 is 0 Å². The highest BCUT2D eigenvalue weighted by Gasteiger charge is 2.21. The molecule has 0 aliphatic heterocycles. The molecule has 3 heteroatoms. The molecule has 1 aromatic heterocycles. The number of hydrogen-bond donors (Lipinski definition) is 1. The molecule has 1 fully saturated rings. The summed E-state index contributed by atoms with van der Waals surface area (Å²) in [5.74, 6) is 3.76. The van der Waals surface area contributed by atoms with Gasteiger partial charge in [0.05, 0.1) is 19.4 Å². The van der Waals surface area contributed by atoms with Crippen LogP contribution in [-0.2, 0) is 13.1 Å². The number of furan rings is 1. The van der Waals surface area contributed by atoms with E-state index >= 15 is 0 Å². The van der Waals surface area contributed by atoms with E-state index in [4.69, 9.17) is 10.8 Å². The van der Waals surface area contributed by atoms with Gasteiger partial charge in [0.1, 0.15) is 5.76 Å². The second-order valence-electron chi connectivity index (χ2n) is 4.94. The van der Waals surface area contributed by atoms with Gasteiger partial charge in [0.2, 0.25) is 0 Å². The Morgan fingerprint density at radius 1 is 1.56 bits per heavy atom. The van der Waals surface area contributed by atoms with Crippen molar-refractivity contribution >= 4 is 0 Å². The average molecular weight is 246 g/mol. The molecule has 0 aromatic carbocycles. The SMILES string of the molecule is C#CCN(CCC)Cc1occc1CNC1CC1. The van der Waals surface area contributed by atoms with E-state index in [9.17, 15) is 0 Å². The van der Waals surface area contributed by atoms with Crippen molar-refractivity contribution in [2.24, 2.45) is 0 Å². The fourth-order valence-electron chi connectivity index (χ4n) is 2.07. The molecule has 1 aliphatic carbocycles. The number of terminal acetylenes is 1. The summed E-state index contributed by atoms with van der Waals surface area (Å²) in [6.07, 6.45) is 10.9. The Balaban J connectivity index is 1.89. The van der Waals surface area contributed by atoms with Gasteiger partial charge in [-0.2, -0.15) is 0 Å². The summed E-state index contributed by atoms with van der Waals surface area (Å²) in [6, 6.07) is 2.79. The van der Waals surface area contributed by atoms with E-state index in [1.807, 2.05) is 0 Å². The summed E-state index contributed by atoms with van der Waals surface area (Å²) >= 11 is 0. The van der Waals surface area contributed by atoms with Crippen LogP contribution < -0.4 is 5.32 Å². The Kier molecular flexibility index (Phi) is 4.86. The third kappa shape index (κ3) is 3.90. The lowest BCUT2D eigenvalue weighted by Gasteiger charge is -2.18. The van der Waals surface area contributed by atoms with Gasteiger partial charge in [-0.1, -0.05) is 12.8 Å². The van der Waals surface area contributed by atoms with Gasteiger partial charge in [-0.05, 0) is 31.9 Å². The summed E-state index contributed by atoms with van der Waals surface area (Å²) in [7, 11) is 0. The summed E-state index contributed by atoms with van der Waals surface area (Å²) in [5.41, 5.74) is 1.26. The van der Waals surface area contributed by atoms with Crippen LogP contribution in [0.5, 0.6) is 0 Å². The smallest absolute Gasteiger partial charge is 0.122 e. The van der Waals surface area contributed by atoms with Gasteiger partial charge in [-0.15, -0.1) is 6.42 Å². The zero-order valence-corrected chi connectivity index (χ0v) is 11.1. The quantitative estimate of drug-likeness (QED) is 0.714. The maximum absolute atomic E-state index is 5.59. The highest BCUT2D eigenvalue weighted by Crippen LogP contribution is 2.20. The van der Waals surface area contributed by atoms with Crippen molar-refractivity contribution in [1.82, 2.24) is 10.2 Å². The van der Waals surface area contributed by atoms with Crippen molar-refractivity contribution in [2.75, 3.05) is 13.1 Å². The third-order valence-electron chi connectivity index (χ3n) is 3.22. The molecule has 2 rings (SSSR count). The molecule has 1 heterocycles. The predicted octanol–water partition coefficient (Wildman–Crippen LogP) is 2.38. The summed E-state index contributed by atoms with van der Waals surface area (Å²) in [4.78, 5) is 2.25. The van der Waals surface area contributed by atoms with Crippen molar-refractivity contribution in [1.29, 1.82) is 0 Å². The van der Waals surface area contributed by atoms with Gasteiger partial charge >= 0.3 is 0 Å². The fraction of sp³-hybridized carbons (Fsp3) is 0.600. The fourth-order valence-corrected chi connectivity index (χ4v) is 2.07. The van der Waals surface area contributed by atoms with Crippen LogP contribution in [0.25, 0.3) is 0 Å². The second kappa shape index (κ2) is 6.63. The minimum absolute atomic E-state index is 0.685. The lowest BCUT2D eigenvalue weighted by molar-refractivity contribution is 0.270. The van der Waals surface area contributed by atoms with Crippen LogP contribution in [0.1, 0.15) is 37.5 Å². The molecule has 0 bridgehead atoms. The van der Waals surface area contributed by atoms with E-state index in [1.165, 1.54) is 18.4 Å². The van der Waals surface area contributed by atoms with Crippen molar-refractivity contribution in [3.63, 3.8) is 0 Å². The number of nitrogens with one attached hydrogen (secondary N) is 1. The highest BCUT2D eigenvalue weighted by molar-refractivity contribution is 5.17. The zero-order chi connectivity index (χ0) is 12.8. The molecule has 1 aliphatic rings. The monoisotopic (exact) mass is 246 g/mol. The molecule has 0 saturated heterocycles. The standard InChI is InChI=1S/C15H22N2O/c1-3-8-17(9-4-2)12-15-13(7-10-18-15)11-16-14-5-6-14/h1,7,10,14,16H,4-6,8-9,11-12H2,2H3. The van der Waals surface area contributed by atoms with E-state index < -0.39 is 0 Å². The number of hydrogen-bond acceptors (Lipinski definition) is 3. The van der Waals surface area contributed by atoms with Gasteiger partial charge in [-0.25, -0.2) is 0 Å². The van der Waals surface area contributed by atoms with Crippen LogP contribution in [0.15, 0.2) is 16.7 Å². The topological polar surface area (TPSA) is 28.4 Å². The summed E-state index contributed by atoms with van der Waals surface area (Å²) in [6.45, 7) is 5.59. The Hall–Kier alpha value is -1.24. The molecule has 1 aromatic rings. The first kappa shape index (κ1) is 13.2. The normalized spacial score (nSPS) is 14.9. The molecule has 0 amide bonds. The first-order valence-electron chi connectivity index (χ1n) is 6.78. The lowest BCUT2D eigenvalue weighted by atomic mass is 10.2. The Bertz CT molecular complexity index is 401. The van der Waals surface area contributed by atoms with E-state index in [1.54, 1.807) is 6.26 Å². The average Bonchev–Trinajstić information content (AvgIpc) is 3.09. The van der Waals surface area contributed by atoms with Crippen LogP contribution in [0.3, 0.4) is 0 Å². The van der Waals surface area contributed by atoms with Crippen LogP contribution in [0.2, 0.25) is 0 Å².